The van der Waals surface area contributed by atoms with Gasteiger partial charge in [-0.15, -0.1) is 0 Å². The number of anilines is 5. The SMILES string of the molecule is Cc1ccc(N(c2ccc(-c3ccc(N(c4ccc(C)cc4)C(C)(C)C)cc3)cc2)c2cccc(C(C)(C)C)c2)cc1. The smallest absolute Gasteiger partial charge is 0.0464 e. The van der Waals surface area contributed by atoms with E-state index in [1.54, 1.807) is 0 Å². The van der Waals surface area contributed by atoms with Gasteiger partial charge in [0.15, 0.2) is 0 Å². The fraction of sp³-hybridized carbons (Fsp3) is 0.250. The Kier molecular flexibility index (Phi) is 8.01. The minimum absolute atomic E-state index is 0.0534. The highest BCUT2D eigenvalue weighted by Gasteiger charge is 2.23. The number of benzene rings is 5. The lowest BCUT2D eigenvalue weighted by atomic mass is 9.87. The summed E-state index contributed by atoms with van der Waals surface area (Å²) in [6, 6.07) is 44.4. The van der Waals surface area contributed by atoms with Crippen molar-refractivity contribution in [2.75, 3.05) is 9.80 Å². The maximum Gasteiger partial charge on any atom is 0.0464 e. The summed E-state index contributed by atoms with van der Waals surface area (Å²) in [6.07, 6.45) is 0. The first kappa shape index (κ1) is 29.2. The summed E-state index contributed by atoms with van der Waals surface area (Å²) < 4.78 is 0. The van der Waals surface area contributed by atoms with Gasteiger partial charge in [-0.3, -0.25) is 0 Å². The zero-order valence-electron chi connectivity index (χ0n) is 26.4. The predicted molar refractivity (Wildman–Crippen MR) is 183 cm³/mol. The van der Waals surface area contributed by atoms with Crippen molar-refractivity contribution in [2.24, 2.45) is 0 Å². The van der Waals surface area contributed by atoms with Gasteiger partial charge in [-0.05, 0) is 117 Å². The van der Waals surface area contributed by atoms with Gasteiger partial charge in [0.2, 0.25) is 0 Å². The van der Waals surface area contributed by atoms with E-state index in [1.165, 1.54) is 44.9 Å². The highest BCUT2D eigenvalue weighted by Crippen LogP contribution is 2.39. The van der Waals surface area contributed by atoms with Gasteiger partial charge < -0.3 is 9.80 Å². The summed E-state index contributed by atoms with van der Waals surface area (Å²) in [5, 5.41) is 0. The van der Waals surface area contributed by atoms with Crippen LogP contribution in [0.4, 0.5) is 28.4 Å². The van der Waals surface area contributed by atoms with Crippen LogP contribution in [0.5, 0.6) is 0 Å². The Morgan fingerprint density at radius 2 is 0.833 bits per heavy atom. The Morgan fingerprint density at radius 1 is 0.429 bits per heavy atom. The average Bonchev–Trinajstić information content (AvgIpc) is 2.95. The lowest BCUT2D eigenvalue weighted by Gasteiger charge is -2.38. The van der Waals surface area contributed by atoms with Crippen LogP contribution in [0.3, 0.4) is 0 Å². The van der Waals surface area contributed by atoms with Gasteiger partial charge >= 0.3 is 0 Å². The first-order valence-electron chi connectivity index (χ1n) is 14.9. The molecular weight excluding hydrogens is 508 g/mol. The number of rotatable bonds is 6. The normalized spacial score (nSPS) is 11.8. The second-order valence-corrected chi connectivity index (χ2v) is 13.4. The molecule has 0 aliphatic heterocycles. The standard InChI is InChI=1S/C40H44N2/c1-29-12-20-34(21-13-29)41(38-11-9-10-33(28-38)39(3,4)5)35-24-16-31(17-25-35)32-18-26-37(27-19-32)42(40(6,7)8)36-22-14-30(2)15-23-36/h9-28H,1-8H3. The molecule has 0 fully saturated rings. The van der Waals surface area contributed by atoms with Crippen LogP contribution in [0, 0.1) is 13.8 Å². The monoisotopic (exact) mass is 552 g/mol. The molecule has 0 heterocycles. The first-order chi connectivity index (χ1) is 19.9. The highest BCUT2D eigenvalue weighted by atomic mass is 15.2. The molecule has 0 amide bonds. The Hall–Kier alpha value is -4.30. The molecule has 0 aliphatic rings. The highest BCUT2D eigenvalue weighted by molar-refractivity contribution is 5.79. The zero-order chi connectivity index (χ0) is 30.1. The van der Waals surface area contributed by atoms with Crippen LogP contribution in [0.15, 0.2) is 121 Å². The summed E-state index contributed by atoms with van der Waals surface area (Å²) >= 11 is 0. The minimum Gasteiger partial charge on any atom is -0.336 e. The molecule has 0 unspecified atom stereocenters. The van der Waals surface area contributed by atoms with Crippen molar-refractivity contribution < 1.29 is 0 Å². The van der Waals surface area contributed by atoms with Gasteiger partial charge in [0.05, 0.1) is 0 Å². The summed E-state index contributed by atoms with van der Waals surface area (Å²) in [5.41, 5.74) is 12.1. The van der Waals surface area contributed by atoms with E-state index in [0.717, 1.165) is 11.4 Å². The molecule has 2 nitrogen and oxygen atoms in total. The summed E-state index contributed by atoms with van der Waals surface area (Å²) in [5.74, 6) is 0. The van der Waals surface area contributed by atoms with E-state index in [0.29, 0.717) is 0 Å². The lowest BCUT2D eigenvalue weighted by Crippen LogP contribution is -2.37. The van der Waals surface area contributed by atoms with E-state index in [1.807, 2.05) is 0 Å². The summed E-state index contributed by atoms with van der Waals surface area (Å²) in [7, 11) is 0. The fourth-order valence-electron chi connectivity index (χ4n) is 5.48. The Morgan fingerprint density at radius 3 is 1.26 bits per heavy atom. The molecule has 5 aromatic rings. The van der Waals surface area contributed by atoms with E-state index in [2.05, 4.69) is 187 Å². The van der Waals surface area contributed by atoms with Crippen molar-refractivity contribution in [1.82, 2.24) is 0 Å². The second kappa shape index (κ2) is 11.5. The molecule has 0 aromatic heterocycles. The van der Waals surface area contributed by atoms with Crippen LogP contribution >= 0.6 is 0 Å². The predicted octanol–water partition coefficient (Wildman–Crippen LogP) is 11.7. The van der Waals surface area contributed by atoms with Gasteiger partial charge in [-0.25, -0.2) is 0 Å². The Bertz CT molecular complexity index is 1610. The third kappa shape index (κ3) is 6.44. The molecule has 0 saturated carbocycles. The Labute approximate surface area is 253 Å². The van der Waals surface area contributed by atoms with Crippen LogP contribution in [0.25, 0.3) is 11.1 Å². The van der Waals surface area contributed by atoms with E-state index >= 15 is 0 Å². The average molecular weight is 553 g/mol. The third-order valence-electron chi connectivity index (χ3n) is 7.81. The van der Waals surface area contributed by atoms with Gasteiger partial charge in [0.1, 0.15) is 0 Å². The van der Waals surface area contributed by atoms with Crippen LogP contribution in [-0.4, -0.2) is 5.54 Å². The number of aryl methyl sites for hydroxylation is 2. The molecule has 0 radical (unpaired) electrons. The number of nitrogens with zero attached hydrogens (tertiary/aromatic N) is 2. The lowest BCUT2D eigenvalue weighted by molar-refractivity contribution is 0.560. The van der Waals surface area contributed by atoms with Crippen LogP contribution in [0.1, 0.15) is 58.2 Å². The molecule has 5 aromatic carbocycles. The molecule has 0 atom stereocenters. The Balaban J connectivity index is 1.47. The van der Waals surface area contributed by atoms with Crippen molar-refractivity contribution in [2.45, 2.75) is 66.3 Å². The van der Waals surface area contributed by atoms with Crippen molar-refractivity contribution >= 4 is 28.4 Å². The molecule has 0 saturated heterocycles. The van der Waals surface area contributed by atoms with Crippen LogP contribution < -0.4 is 9.80 Å². The van der Waals surface area contributed by atoms with Gasteiger partial charge in [0, 0.05) is 34.0 Å². The summed E-state index contributed by atoms with van der Waals surface area (Å²) in [4.78, 5) is 4.76. The first-order valence-corrected chi connectivity index (χ1v) is 14.9. The molecule has 214 valence electrons. The van der Waals surface area contributed by atoms with Crippen molar-refractivity contribution in [3.05, 3.63) is 138 Å². The second-order valence-electron chi connectivity index (χ2n) is 13.4. The third-order valence-corrected chi connectivity index (χ3v) is 7.81. The molecule has 5 rings (SSSR count). The molecule has 0 aliphatic carbocycles. The fourth-order valence-corrected chi connectivity index (χ4v) is 5.48. The maximum absolute atomic E-state index is 2.41. The minimum atomic E-state index is -0.0534. The largest absolute Gasteiger partial charge is 0.336 e. The maximum atomic E-state index is 2.41. The van der Waals surface area contributed by atoms with Gasteiger partial charge in [-0.1, -0.05) is 92.6 Å². The molecule has 42 heavy (non-hydrogen) atoms. The molecule has 0 N–H and O–H groups in total. The van der Waals surface area contributed by atoms with Crippen LogP contribution in [0.2, 0.25) is 0 Å². The van der Waals surface area contributed by atoms with E-state index in [4.69, 9.17) is 0 Å². The molecule has 2 heteroatoms. The molecule has 0 bridgehead atoms. The van der Waals surface area contributed by atoms with E-state index in [-0.39, 0.29) is 11.0 Å². The van der Waals surface area contributed by atoms with Gasteiger partial charge in [-0.2, -0.15) is 0 Å². The van der Waals surface area contributed by atoms with Crippen LogP contribution in [-0.2, 0) is 5.41 Å². The van der Waals surface area contributed by atoms with Crippen molar-refractivity contribution in [1.29, 1.82) is 0 Å². The zero-order valence-corrected chi connectivity index (χ0v) is 26.4. The summed E-state index contributed by atoms with van der Waals surface area (Å²) in [6.45, 7) is 17.9. The topological polar surface area (TPSA) is 6.48 Å². The van der Waals surface area contributed by atoms with Crippen molar-refractivity contribution in [3.8, 4) is 11.1 Å². The van der Waals surface area contributed by atoms with E-state index < -0.39 is 0 Å². The van der Waals surface area contributed by atoms with E-state index in [9.17, 15) is 0 Å². The molecule has 0 spiro atoms. The van der Waals surface area contributed by atoms with Crippen molar-refractivity contribution in [3.63, 3.8) is 0 Å². The number of hydrogen-bond donors (Lipinski definition) is 0. The molecular formula is C40H44N2. The quantitative estimate of drug-likeness (QED) is 0.207. The number of hydrogen-bond acceptors (Lipinski definition) is 2. The van der Waals surface area contributed by atoms with Gasteiger partial charge in [0.25, 0.3) is 0 Å².